The summed E-state index contributed by atoms with van der Waals surface area (Å²) < 4.78 is 6.24. The quantitative estimate of drug-likeness (QED) is 0.303. The highest BCUT2D eigenvalue weighted by molar-refractivity contribution is 6.10. The van der Waals surface area contributed by atoms with Gasteiger partial charge in [-0.05, 0) is 25.0 Å². The molecule has 2 unspecified atom stereocenters. The lowest BCUT2D eigenvalue weighted by Gasteiger charge is -2.23. The lowest BCUT2D eigenvalue weighted by molar-refractivity contribution is -0.121. The van der Waals surface area contributed by atoms with Crippen molar-refractivity contribution < 1.29 is 14.3 Å². The number of ether oxygens (including phenoxy) is 1. The van der Waals surface area contributed by atoms with Gasteiger partial charge in [-0.25, -0.2) is 4.98 Å². The molecule has 0 spiro atoms. The number of amides is 2. The van der Waals surface area contributed by atoms with Crippen LogP contribution in [0.1, 0.15) is 42.2 Å². The number of fused-ring (bicyclic) bond motifs is 1. The van der Waals surface area contributed by atoms with E-state index in [-0.39, 0.29) is 24.4 Å². The van der Waals surface area contributed by atoms with E-state index in [0.717, 1.165) is 11.1 Å². The summed E-state index contributed by atoms with van der Waals surface area (Å²) in [6.07, 6.45) is -0.0298. The number of pyridine rings is 1. The predicted octanol–water partition coefficient (Wildman–Crippen LogP) is 4.58. The minimum atomic E-state index is -0.742. The van der Waals surface area contributed by atoms with Crippen LogP contribution in [0, 0.1) is 0 Å². The monoisotopic (exact) mass is 482 g/mol. The molecule has 0 fully saturated rings. The van der Waals surface area contributed by atoms with Gasteiger partial charge in [-0.2, -0.15) is 0 Å². The zero-order valence-electron chi connectivity index (χ0n) is 20.4. The summed E-state index contributed by atoms with van der Waals surface area (Å²) in [6.45, 7) is 3.55. The maximum Gasteiger partial charge on any atom is 0.256 e. The third-order valence-electron chi connectivity index (χ3n) is 5.88. The van der Waals surface area contributed by atoms with Gasteiger partial charge in [0.2, 0.25) is 5.91 Å². The summed E-state index contributed by atoms with van der Waals surface area (Å²) in [5, 5.41) is 6.54. The Kier molecular flexibility index (Phi) is 7.92. The highest BCUT2D eigenvalue weighted by atomic mass is 16.5. The Bertz CT molecular complexity index is 1340. The van der Waals surface area contributed by atoms with E-state index in [2.05, 4.69) is 10.6 Å². The van der Waals surface area contributed by atoms with E-state index in [9.17, 15) is 9.59 Å². The lowest BCUT2D eigenvalue weighted by atomic mass is 10.00. The van der Waals surface area contributed by atoms with E-state index in [4.69, 9.17) is 15.5 Å². The number of nitrogens with one attached hydrogen (secondary N) is 2. The Morgan fingerprint density at radius 3 is 2.22 bits per heavy atom. The molecule has 36 heavy (non-hydrogen) atoms. The molecule has 2 amide bonds. The average Bonchev–Trinajstić information content (AvgIpc) is 2.92. The first-order valence-electron chi connectivity index (χ1n) is 12.0. The van der Waals surface area contributed by atoms with E-state index < -0.39 is 6.23 Å². The number of benzene rings is 3. The number of hydrogen-bond donors (Lipinski definition) is 3. The van der Waals surface area contributed by atoms with Crippen molar-refractivity contribution in [1.82, 2.24) is 15.6 Å². The first kappa shape index (κ1) is 24.9. The fraction of sp³-hybridized carbons (Fsp3) is 0.207. The molecule has 4 aromatic rings. The molecule has 4 rings (SSSR count). The van der Waals surface area contributed by atoms with Crippen molar-refractivity contribution in [3.8, 4) is 17.0 Å². The fourth-order valence-corrected chi connectivity index (χ4v) is 4.16. The molecule has 0 bridgehead atoms. The van der Waals surface area contributed by atoms with Crippen molar-refractivity contribution in [3.63, 3.8) is 0 Å². The zero-order chi connectivity index (χ0) is 25.5. The minimum absolute atomic E-state index is 0.169. The van der Waals surface area contributed by atoms with Crippen molar-refractivity contribution in [2.45, 2.75) is 32.5 Å². The molecule has 0 saturated heterocycles. The minimum Gasteiger partial charge on any atom is -0.468 e. The van der Waals surface area contributed by atoms with Crippen molar-refractivity contribution in [2.24, 2.45) is 5.73 Å². The zero-order valence-corrected chi connectivity index (χ0v) is 20.4. The van der Waals surface area contributed by atoms with Gasteiger partial charge in [-0.1, -0.05) is 85.8 Å². The van der Waals surface area contributed by atoms with Gasteiger partial charge in [0.05, 0.1) is 23.7 Å². The summed E-state index contributed by atoms with van der Waals surface area (Å²) >= 11 is 0. The second-order valence-corrected chi connectivity index (χ2v) is 8.42. The molecular weight excluding hydrogens is 452 g/mol. The maximum atomic E-state index is 13.9. The Labute approximate surface area is 210 Å². The van der Waals surface area contributed by atoms with Crippen LogP contribution in [-0.2, 0) is 4.79 Å². The van der Waals surface area contributed by atoms with Crippen LogP contribution in [0.5, 0.6) is 5.75 Å². The van der Waals surface area contributed by atoms with Gasteiger partial charge in [0.25, 0.3) is 5.91 Å². The maximum absolute atomic E-state index is 13.9. The van der Waals surface area contributed by atoms with E-state index in [1.165, 1.54) is 0 Å². The molecule has 0 saturated carbocycles. The van der Waals surface area contributed by atoms with E-state index in [1.54, 1.807) is 6.92 Å². The third-order valence-corrected chi connectivity index (χ3v) is 5.88. The predicted molar refractivity (Wildman–Crippen MR) is 141 cm³/mol. The molecule has 7 nitrogen and oxygen atoms in total. The van der Waals surface area contributed by atoms with Crippen LogP contribution in [0.4, 0.5) is 0 Å². The SMILES string of the molecule is CCC(NC(=O)c1c(OC(C)NC(=O)CN)c(-c2ccccc2)nc2ccccc12)c1ccccc1. The number of carbonyl (C=O) groups excluding carboxylic acids is 2. The Balaban J connectivity index is 1.87. The van der Waals surface area contributed by atoms with Gasteiger partial charge in [-0.3, -0.25) is 9.59 Å². The van der Waals surface area contributed by atoms with Crippen molar-refractivity contribution in [3.05, 3.63) is 96.1 Å². The summed E-state index contributed by atoms with van der Waals surface area (Å²) in [4.78, 5) is 30.7. The van der Waals surface area contributed by atoms with E-state index in [0.29, 0.717) is 34.3 Å². The van der Waals surface area contributed by atoms with Crippen LogP contribution in [0.25, 0.3) is 22.2 Å². The number of nitrogens with zero attached hydrogens (tertiary/aromatic N) is 1. The highest BCUT2D eigenvalue weighted by Gasteiger charge is 2.26. The van der Waals surface area contributed by atoms with Crippen LogP contribution in [0.3, 0.4) is 0 Å². The van der Waals surface area contributed by atoms with Crippen LogP contribution >= 0.6 is 0 Å². The molecule has 2 atom stereocenters. The van der Waals surface area contributed by atoms with Gasteiger partial charge in [-0.15, -0.1) is 0 Å². The van der Waals surface area contributed by atoms with Gasteiger partial charge < -0.3 is 21.1 Å². The third kappa shape index (κ3) is 5.53. The molecule has 1 heterocycles. The Morgan fingerprint density at radius 2 is 1.56 bits per heavy atom. The Hall–Kier alpha value is -4.23. The highest BCUT2D eigenvalue weighted by Crippen LogP contribution is 2.37. The normalized spacial score (nSPS) is 12.5. The molecule has 3 aromatic carbocycles. The summed E-state index contributed by atoms with van der Waals surface area (Å²) in [5.41, 5.74) is 8.82. The average molecular weight is 483 g/mol. The largest absolute Gasteiger partial charge is 0.468 e. The van der Waals surface area contributed by atoms with Crippen LogP contribution in [0.2, 0.25) is 0 Å². The summed E-state index contributed by atoms with van der Waals surface area (Å²) in [5.74, 6) is -0.349. The van der Waals surface area contributed by atoms with Crippen molar-refractivity contribution in [1.29, 1.82) is 0 Å². The second-order valence-electron chi connectivity index (χ2n) is 8.42. The smallest absolute Gasteiger partial charge is 0.256 e. The molecular formula is C29H30N4O3. The Morgan fingerprint density at radius 1 is 0.917 bits per heavy atom. The van der Waals surface area contributed by atoms with Gasteiger partial charge >= 0.3 is 0 Å². The topological polar surface area (TPSA) is 106 Å². The molecule has 0 radical (unpaired) electrons. The molecule has 1 aromatic heterocycles. The van der Waals surface area contributed by atoms with Crippen molar-refractivity contribution in [2.75, 3.05) is 6.54 Å². The van der Waals surface area contributed by atoms with Gasteiger partial charge in [0.1, 0.15) is 5.69 Å². The van der Waals surface area contributed by atoms with E-state index >= 15 is 0 Å². The first-order valence-corrected chi connectivity index (χ1v) is 12.0. The molecule has 0 aliphatic rings. The number of carbonyl (C=O) groups is 2. The lowest BCUT2D eigenvalue weighted by Crippen LogP contribution is -2.40. The number of nitrogens with two attached hydrogens (primary N) is 1. The number of rotatable bonds is 9. The van der Waals surface area contributed by atoms with Gasteiger partial charge in [0.15, 0.2) is 12.0 Å². The molecule has 0 aliphatic heterocycles. The molecule has 0 aliphatic carbocycles. The van der Waals surface area contributed by atoms with E-state index in [1.807, 2.05) is 91.9 Å². The summed E-state index contributed by atoms with van der Waals surface area (Å²) in [7, 11) is 0. The summed E-state index contributed by atoms with van der Waals surface area (Å²) in [6, 6.07) is 26.7. The molecule has 184 valence electrons. The van der Waals surface area contributed by atoms with Crippen LogP contribution in [0.15, 0.2) is 84.9 Å². The fourth-order valence-electron chi connectivity index (χ4n) is 4.16. The standard InChI is InChI=1S/C29H30N4O3/c1-3-23(20-12-6-4-7-13-20)33-29(35)26-22-16-10-11-17-24(22)32-27(21-14-8-5-9-15-21)28(26)36-19(2)31-25(34)18-30/h4-17,19,23H,3,18,30H2,1-2H3,(H,31,34)(H,33,35). The van der Waals surface area contributed by atoms with Crippen LogP contribution in [-0.4, -0.2) is 29.6 Å². The van der Waals surface area contributed by atoms with Crippen LogP contribution < -0.4 is 21.1 Å². The van der Waals surface area contributed by atoms with Gasteiger partial charge in [0, 0.05) is 10.9 Å². The number of aromatic nitrogens is 1. The first-order chi connectivity index (χ1) is 17.5. The molecule has 7 heteroatoms. The number of hydrogen-bond acceptors (Lipinski definition) is 5. The number of para-hydroxylation sites is 1. The second kappa shape index (κ2) is 11.5. The van der Waals surface area contributed by atoms with Crippen molar-refractivity contribution >= 4 is 22.7 Å². The molecule has 4 N–H and O–H groups in total.